The van der Waals surface area contributed by atoms with Gasteiger partial charge in [0, 0.05) is 38.2 Å². The quantitative estimate of drug-likeness (QED) is 0.120. The lowest BCUT2D eigenvalue weighted by Crippen LogP contribution is -2.06. The van der Waals surface area contributed by atoms with Gasteiger partial charge in [-0.1, -0.05) is 224 Å². The first-order valence-electron chi connectivity index (χ1n) is 32.5. The first-order valence-corrected chi connectivity index (χ1v) is 32.5. The van der Waals surface area contributed by atoms with Crippen LogP contribution in [-0.2, 0) is 0 Å². The zero-order valence-electron chi connectivity index (χ0n) is 52.8. The van der Waals surface area contributed by atoms with Gasteiger partial charge in [-0.2, -0.15) is 15.8 Å². The summed E-state index contributed by atoms with van der Waals surface area (Å²) in [4.78, 5) is 17.1. The van der Waals surface area contributed by atoms with E-state index in [1.54, 1.807) is 0 Å². The lowest BCUT2D eigenvalue weighted by Gasteiger charge is -2.18. The summed E-state index contributed by atoms with van der Waals surface area (Å²) in [7, 11) is 0. The summed E-state index contributed by atoms with van der Waals surface area (Å²) in [6, 6.07) is 120. The number of benzene rings is 14. The fourth-order valence-corrected chi connectivity index (χ4v) is 13.8. The molecule has 0 bridgehead atoms. The van der Waals surface area contributed by atoms with Gasteiger partial charge in [-0.3, -0.25) is 0 Å². The van der Waals surface area contributed by atoms with Gasteiger partial charge >= 0.3 is 0 Å². The van der Waals surface area contributed by atoms with Crippen LogP contribution in [0.2, 0.25) is 0 Å². The van der Waals surface area contributed by atoms with Gasteiger partial charge in [-0.15, -0.1) is 0 Å². The standard InChI is InChI=1S/C90H54N8/c91-55-58-25-29-64(30-26-58)72-41-47-86(97-82-43-37-68(60-15-5-1-6-16-60)49-76(82)77-50-69(38-44-83(77)97)61-17-7-2-8-18-61)80(53-72)89-94-88(67-35-33-66(34-36-67)75-24-14-13-23-74(75)57-93)95-90(96-89)81-54-73(65-31-27-59(56-92)28-32-65)42-48-87(81)98-84-45-39-70(62-19-9-3-10-20-62)51-78(84)79-52-71(40-46-85(79)98)63-21-11-4-12-22-63/h1-54H. The van der Waals surface area contributed by atoms with Gasteiger partial charge in [0.2, 0.25) is 0 Å². The van der Waals surface area contributed by atoms with E-state index in [9.17, 15) is 15.8 Å². The van der Waals surface area contributed by atoms with E-state index in [2.05, 4.69) is 234 Å². The highest BCUT2D eigenvalue weighted by Gasteiger charge is 2.25. The maximum absolute atomic E-state index is 10.3. The van der Waals surface area contributed by atoms with Crippen molar-refractivity contribution >= 4 is 43.6 Å². The number of hydrogen-bond donors (Lipinski definition) is 0. The Hall–Kier alpha value is -13.8. The largest absolute Gasteiger partial charge is 0.308 e. The fourth-order valence-electron chi connectivity index (χ4n) is 13.8. The average Bonchev–Trinajstić information content (AvgIpc) is 1.59. The molecule has 0 radical (unpaired) electrons. The van der Waals surface area contributed by atoms with Gasteiger partial charge in [-0.25, -0.2) is 15.0 Å². The van der Waals surface area contributed by atoms with Crippen LogP contribution in [-0.4, -0.2) is 24.1 Å². The smallest absolute Gasteiger partial charge is 0.166 e. The summed E-state index contributed by atoms with van der Waals surface area (Å²) in [5.74, 6) is 1.27. The molecular formula is C90H54N8. The maximum atomic E-state index is 10.3. The molecule has 0 atom stereocenters. The van der Waals surface area contributed by atoms with Gasteiger partial charge in [0.05, 0.1) is 68.3 Å². The molecule has 98 heavy (non-hydrogen) atoms. The number of rotatable bonds is 12. The third-order valence-electron chi connectivity index (χ3n) is 18.7. The second-order valence-corrected chi connectivity index (χ2v) is 24.4. The highest BCUT2D eigenvalue weighted by atomic mass is 15.1. The van der Waals surface area contributed by atoms with Crippen LogP contribution in [0, 0.1) is 34.0 Å². The molecule has 0 aliphatic rings. The van der Waals surface area contributed by atoms with Crippen LogP contribution in [0.15, 0.2) is 328 Å². The second-order valence-electron chi connectivity index (χ2n) is 24.4. The van der Waals surface area contributed by atoms with Crippen molar-refractivity contribution in [2.75, 3.05) is 0 Å². The van der Waals surface area contributed by atoms with Crippen LogP contribution >= 0.6 is 0 Å². The van der Waals surface area contributed by atoms with Crippen molar-refractivity contribution in [1.82, 2.24) is 24.1 Å². The van der Waals surface area contributed by atoms with Crippen molar-refractivity contribution in [3.05, 3.63) is 344 Å². The van der Waals surface area contributed by atoms with Crippen LogP contribution in [0.3, 0.4) is 0 Å². The van der Waals surface area contributed by atoms with E-state index < -0.39 is 0 Å². The van der Waals surface area contributed by atoms with Gasteiger partial charge < -0.3 is 9.13 Å². The van der Waals surface area contributed by atoms with E-state index in [0.29, 0.717) is 34.2 Å². The van der Waals surface area contributed by atoms with Crippen LogP contribution in [0.5, 0.6) is 0 Å². The minimum Gasteiger partial charge on any atom is -0.308 e. The van der Waals surface area contributed by atoms with Crippen LogP contribution < -0.4 is 0 Å². The van der Waals surface area contributed by atoms with E-state index in [0.717, 1.165) is 150 Å². The van der Waals surface area contributed by atoms with Gasteiger partial charge in [0.15, 0.2) is 17.5 Å². The molecule has 8 nitrogen and oxygen atoms in total. The lowest BCUT2D eigenvalue weighted by molar-refractivity contribution is 1.06. The topological polar surface area (TPSA) is 120 Å². The van der Waals surface area contributed by atoms with Crippen LogP contribution in [0.25, 0.3) is 167 Å². The zero-order chi connectivity index (χ0) is 65.6. The van der Waals surface area contributed by atoms with Gasteiger partial charge in [-0.05, 0) is 181 Å². The molecule has 0 amide bonds. The van der Waals surface area contributed by atoms with Crippen molar-refractivity contribution in [2.24, 2.45) is 0 Å². The molecule has 0 aliphatic heterocycles. The number of aromatic nitrogens is 5. The summed E-state index contributed by atoms with van der Waals surface area (Å²) in [5.41, 5.74) is 23.8. The van der Waals surface area contributed by atoms with E-state index in [4.69, 9.17) is 15.0 Å². The molecule has 14 aromatic carbocycles. The normalized spacial score (nSPS) is 11.2. The van der Waals surface area contributed by atoms with Crippen molar-refractivity contribution in [3.8, 4) is 142 Å². The summed E-state index contributed by atoms with van der Waals surface area (Å²) < 4.78 is 4.69. The molecule has 3 heterocycles. The number of nitriles is 3. The van der Waals surface area contributed by atoms with Gasteiger partial charge in [0.1, 0.15) is 0 Å². The number of fused-ring (bicyclic) bond motifs is 6. The minimum absolute atomic E-state index is 0.420. The van der Waals surface area contributed by atoms with Crippen molar-refractivity contribution < 1.29 is 0 Å². The molecule has 454 valence electrons. The Morgan fingerprint density at radius 1 is 0.214 bits per heavy atom. The summed E-state index contributed by atoms with van der Waals surface area (Å²) >= 11 is 0. The van der Waals surface area contributed by atoms with E-state index in [-0.39, 0.29) is 0 Å². The minimum atomic E-state index is 0.420. The molecule has 0 saturated carbocycles. The Bertz CT molecular complexity index is 5580. The van der Waals surface area contributed by atoms with E-state index in [1.165, 1.54) is 0 Å². The first kappa shape index (κ1) is 58.0. The van der Waals surface area contributed by atoms with Crippen molar-refractivity contribution in [1.29, 1.82) is 15.8 Å². The fraction of sp³-hybridized carbons (Fsp3) is 0. The molecule has 17 rings (SSSR count). The predicted molar refractivity (Wildman–Crippen MR) is 397 cm³/mol. The lowest BCUT2D eigenvalue weighted by atomic mass is 9.98. The third kappa shape index (κ3) is 10.5. The molecule has 0 aliphatic carbocycles. The Morgan fingerprint density at radius 3 is 0.857 bits per heavy atom. The Labute approximate surface area is 566 Å². The molecule has 0 spiro atoms. The maximum Gasteiger partial charge on any atom is 0.166 e. The highest BCUT2D eigenvalue weighted by molar-refractivity contribution is 6.14. The predicted octanol–water partition coefficient (Wildman–Crippen LogP) is 22.4. The molecule has 0 fully saturated rings. The average molecular weight is 1250 g/mol. The summed E-state index contributed by atoms with van der Waals surface area (Å²) in [6.07, 6.45) is 0. The molecule has 0 unspecified atom stereocenters. The monoisotopic (exact) mass is 1250 g/mol. The second kappa shape index (κ2) is 24.6. The van der Waals surface area contributed by atoms with Crippen molar-refractivity contribution in [3.63, 3.8) is 0 Å². The Balaban J connectivity index is 0.961. The first-order chi connectivity index (χ1) is 48.4. The molecular weight excluding hydrogens is 1190 g/mol. The zero-order valence-corrected chi connectivity index (χ0v) is 52.8. The Morgan fingerprint density at radius 2 is 0.500 bits per heavy atom. The summed E-state index contributed by atoms with van der Waals surface area (Å²) in [6.45, 7) is 0. The van der Waals surface area contributed by atoms with Gasteiger partial charge in [0.25, 0.3) is 0 Å². The Kier molecular flexibility index (Phi) is 14.5. The van der Waals surface area contributed by atoms with E-state index in [1.807, 2.05) is 121 Å². The van der Waals surface area contributed by atoms with E-state index >= 15 is 0 Å². The third-order valence-corrected chi connectivity index (χ3v) is 18.7. The molecule has 3 aromatic heterocycles. The highest BCUT2D eigenvalue weighted by Crippen LogP contribution is 2.45. The molecule has 17 aromatic rings. The molecule has 8 heteroatoms. The van der Waals surface area contributed by atoms with Crippen molar-refractivity contribution in [2.45, 2.75) is 0 Å². The van der Waals surface area contributed by atoms with Crippen LogP contribution in [0.4, 0.5) is 0 Å². The summed E-state index contributed by atoms with van der Waals surface area (Å²) in [5, 5.41) is 34.6. The molecule has 0 saturated heterocycles. The van der Waals surface area contributed by atoms with Crippen LogP contribution in [0.1, 0.15) is 16.7 Å². The number of nitrogens with zero attached hydrogens (tertiary/aromatic N) is 8. The number of hydrogen-bond acceptors (Lipinski definition) is 6. The SMILES string of the molecule is N#Cc1ccc(-c2ccc(-n3c4ccc(-c5ccccc5)cc4c4cc(-c5ccccc5)ccc43)c(-c3nc(-c4ccc(-c5ccccc5C#N)cc4)nc(-c4cc(-c5ccc(C#N)cc5)ccc4-n4c5ccc(-c6ccccc6)cc5c5cc(-c6ccccc6)ccc54)n3)c2)cc1. The molecule has 0 N–H and O–H groups in total.